The predicted molar refractivity (Wildman–Crippen MR) is 40.0 cm³/mol. The Hall–Kier alpha value is 0.480. The zero-order valence-electron chi connectivity index (χ0n) is 5.07. The molecular formula is C7H12Br. The van der Waals surface area contributed by atoms with E-state index in [-0.39, 0.29) is 0 Å². The van der Waals surface area contributed by atoms with Crippen molar-refractivity contribution in [1.82, 2.24) is 0 Å². The van der Waals surface area contributed by atoms with E-state index < -0.39 is 0 Å². The van der Waals surface area contributed by atoms with Crippen molar-refractivity contribution in [3.63, 3.8) is 0 Å². The molecule has 0 aromatic rings. The molecule has 1 fully saturated rings. The summed E-state index contributed by atoms with van der Waals surface area (Å²) in [6.45, 7) is 4.03. The van der Waals surface area contributed by atoms with Crippen LogP contribution in [-0.4, -0.2) is 4.83 Å². The number of rotatable bonds is 0. The molecule has 0 heterocycles. The molecule has 0 nitrogen and oxygen atoms in total. The lowest BCUT2D eigenvalue weighted by molar-refractivity contribution is 0.434. The maximum absolute atomic E-state index is 4.03. The van der Waals surface area contributed by atoms with Gasteiger partial charge >= 0.3 is 0 Å². The average molecular weight is 176 g/mol. The molecule has 1 heteroatoms. The molecule has 1 radical (unpaired) electrons. The Kier molecular flexibility index (Phi) is 2.36. The van der Waals surface area contributed by atoms with Gasteiger partial charge in [-0.15, -0.1) is 0 Å². The van der Waals surface area contributed by atoms with E-state index in [1.807, 2.05) is 0 Å². The van der Waals surface area contributed by atoms with Gasteiger partial charge in [0.05, 0.1) is 0 Å². The fourth-order valence-corrected chi connectivity index (χ4v) is 1.75. The van der Waals surface area contributed by atoms with Crippen LogP contribution in [-0.2, 0) is 0 Å². The summed E-state index contributed by atoms with van der Waals surface area (Å²) in [6, 6.07) is 0. The smallest absolute Gasteiger partial charge is 0.0174 e. The Bertz CT molecular complexity index is 60.8. The van der Waals surface area contributed by atoms with Crippen molar-refractivity contribution in [2.75, 3.05) is 0 Å². The van der Waals surface area contributed by atoms with Crippen LogP contribution in [0.5, 0.6) is 0 Å². The van der Waals surface area contributed by atoms with E-state index in [4.69, 9.17) is 0 Å². The fraction of sp³-hybridized carbons (Fsp3) is 0.857. The molecule has 0 aliphatic heterocycles. The molecule has 0 N–H and O–H groups in total. The normalized spacial score (nSPS) is 39.8. The second kappa shape index (κ2) is 2.86. The molecule has 0 saturated heterocycles. The summed E-state index contributed by atoms with van der Waals surface area (Å²) >= 11 is 3.59. The Morgan fingerprint density at radius 1 is 1.25 bits per heavy atom. The van der Waals surface area contributed by atoms with Gasteiger partial charge in [0.2, 0.25) is 0 Å². The Morgan fingerprint density at radius 2 is 1.88 bits per heavy atom. The molecular weight excluding hydrogens is 164 g/mol. The molecule has 0 amide bonds. The second-order valence-corrected chi connectivity index (χ2v) is 3.74. The van der Waals surface area contributed by atoms with Crippen molar-refractivity contribution in [2.24, 2.45) is 5.92 Å². The molecule has 1 saturated carbocycles. The number of halogens is 1. The molecule has 1 aliphatic carbocycles. The minimum Gasteiger partial charge on any atom is -0.0888 e. The highest BCUT2D eigenvalue weighted by Gasteiger charge is 2.17. The maximum atomic E-state index is 4.03. The van der Waals surface area contributed by atoms with Gasteiger partial charge in [-0.3, -0.25) is 0 Å². The van der Waals surface area contributed by atoms with Crippen LogP contribution in [0.1, 0.15) is 25.7 Å². The van der Waals surface area contributed by atoms with Gasteiger partial charge in [0.25, 0.3) is 0 Å². The highest BCUT2D eigenvalue weighted by molar-refractivity contribution is 9.09. The van der Waals surface area contributed by atoms with Crippen LogP contribution >= 0.6 is 15.9 Å². The van der Waals surface area contributed by atoms with Gasteiger partial charge in [-0.05, 0) is 25.7 Å². The zero-order chi connectivity index (χ0) is 5.98. The van der Waals surface area contributed by atoms with E-state index in [1.165, 1.54) is 25.7 Å². The van der Waals surface area contributed by atoms with Gasteiger partial charge in [-0.25, -0.2) is 0 Å². The first-order valence-corrected chi connectivity index (χ1v) is 4.19. The number of alkyl halides is 1. The minimum atomic E-state index is 0.670. The van der Waals surface area contributed by atoms with Gasteiger partial charge in [0.15, 0.2) is 0 Å². The van der Waals surface area contributed by atoms with Crippen LogP contribution < -0.4 is 0 Å². The Morgan fingerprint density at radius 3 is 2.25 bits per heavy atom. The third kappa shape index (κ3) is 1.48. The summed E-state index contributed by atoms with van der Waals surface area (Å²) in [5.41, 5.74) is 0. The van der Waals surface area contributed by atoms with Gasteiger partial charge < -0.3 is 0 Å². The van der Waals surface area contributed by atoms with Gasteiger partial charge in [-0.2, -0.15) is 0 Å². The van der Waals surface area contributed by atoms with Gasteiger partial charge in [0.1, 0.15) is 0 Å². The highest BCUT2D eigenvalue weighted by Crippen LogP contribution is 2.28. The van der Waals surface area contributed by atoms with Crippen LogP contribution in [0.4, 0.5) is 0 Å². The first kappa shape index (κ1) is 6.60. The molecule has 0 aromatic carbocycles. The standard InChI is InChI=1S/C7H12Br/c1-6-4-2-3-5-7(6)8/h6-7H,1-5H2. The summed E-state index contributed by atoms with van der Waals surface area (Å²) in [7, 11) is 0. The molecule has 2 atom stereocenters. The van der Waals surface area contributed by atoms with Gasteiger partial charge in [-0.1, -0.05) is 28.8 Å². The number of hydrogen-bond donors (Lipinski definition) is 0. The van der Waals surface area contributed by atoms with Crippen molar-refractivity contribution in [1.29, 1.82) is 0 Å². The van der Waals surface area contributed by atoms with E-state index in [2.05, 4.69) is 22.9 Å². The molecule has 0 bridgehead atoms. The molecule has 0 spiro atoms. The summed E-state index contributed by atoms with van der Waals surface area (Å²) in [6.07, 6.45) is 5.42. The van der Waals surface area contributed by atoms with Crippen LogP contribution in [0.25, 0.3) is 0 Å². The van der Waals surface area contributed by atoms with E-state index in [0.717, 1.165) is 0 Å². The minimum absolute atomic E-state index is 0.670. The summed E-state index contributed by atoms with van der Waals surface area (Å²) < 4.78 is 0. The average Bonchev–Trinajstić information content (AvgIpc) is 1.77. The fourth-order valence-electron chi connectivity index (χ4n) is 1.16. The van der Waals surface area contributed by atoms with E-state index in [1.54, 1.807) is 0 Å². The third-order valence-corrected chi connectivity index (χ3v) is 3.02. The SMILES string of the molecule is [CH2]C1CCCCC1Br. The Labute approximate surface area is 59.8 Å². The molecule has 2 unspecified atom stereocenters. The van der Waals surface area contributed by atoms with Crippen molar-refractivity contribution >= 4 is 15.9 Å². The van der Waals surface area contributed by atoms with E-state index >= 15 is 0 Å². The molecule has 8 heavy (non-hydrogen) atoms. The molecule has 1 aliphatic rings. The van der Waals surface area contributed by atoms with Crippen LogP contribution in [0, 0.1) is 12.8 Å². The van der Waals surface area contributed by atoms with Crippen LogP contribution in [0.15, 0.2) is 0 Å². The summed E-state index contributed by atoms with van der Waals surface area (Å²) in [5, 5.41) is 0. The van der Waals surface area contributed by atoms with Crippen LogP contribution in [0.3, 0.4) is 0 Å². The lowest BCUT2D eigenvalue weighted by Gasteiger charge is -2.22. The maximum Gasteiger partial charge on any atom is 0.0174 e. The van der Waals surface area contributed by atoms with Crippen molar-refractivity contribution in [3.8, 4) is 0 Å². The van der Waals surface area contributed by atoms with Crippen molar-refractivity contribution in [2.45, 2.75) is 30.5 Å². The molecule has 1 rings (SSSR count). The van der Waals surface area contributed by atoms with E-state index in [9.17, 15) is 0 Å². The molecule has 47 valence electrons. The second-order valence-electron chi connectivity index (χ2n) is 2.56. The first-order chi connectivity index (χ1) is 3.80. The predicted octanol–water partition coefficient (Wildman–Crippen LogP) is 2.77. The number of hydrogen-bond acceptors (Lipinski definition) is 0. The van der Waals surface area contributed by atoms with E-state index in [0.29, 0.717) is 10.7 Å². The Balaban J connectivity index is 2.28. The lowest BCUT2D eigenvalue weighted by Crippen LogP contribution is -2.15. The quantitative estimate of drug-likeness (QED) is 0.498. The van der Waals surface area contributed by atoms with Crippen molar-refractivity contribution in [3.05, 3.63) is 6.92 Å². The lowest BCUT2D eigenvalue weighted by atomic mass is 9.91. The largest absolute Gasteiger partial charge is 0.0888 e. The molecule has 0 aromatic heterocycles. The van der Waals surface area contributed by atoms with Crippen molar-refractivity contribution < 1.29 is 0 Å². The zero-order valence-corrected chi connectivity index (χ0v) is 6.65. The summed E-state index contributed by atoms with van der Waals surface area (Å²) in [5.74, 6) is 0.670. The third-order valence-electron chi connectivity index (χ3n) is 1.82. The topological polar surface area (TPSA) is 0 Å². The highest BCUT2D eigenvalue weighted by atomic mass is 79.9. The summed E-state index contributed by atoms with van der Waals surface area (Å²) in [4.78, 5) is 0.705. The van der Waals surface area contributed by atoms with Gasteiger partial charge in [0, 0.05) is 4.83 Å². The first-order valence-electron chi connectivity index (χ1n) is 3.28. The monoisotopic (exact) mass is 175 g/mol. The van der Waals surface area contributed by atoms with Crippen LogP contribution in [0.2, 0.25) is 0 Å².